The van der Waals surface area contributed by atoms with Gasteiger partial charge in [0, 0.05) is 18.3 Å². The third-order valence-electron chi connectivity index (χ3n) is 3.32. The number of benzene rings is 2. The number of rotatable bonds is 4. The Bertz CT molecular complexity index is 623. The van der Waals surface area contributed by atoms with Gasteiger partial charge in [0.2, 0.25) is 0 Å². The first-order valence-corrected chi connectivity index (χ1v) is 7.26. The van der Waals surface area contributed by atoms with Crippen LogP contribution in [0.3, 0.4) is 0 Å². The molecule has 110 valence electrons. The molecule has 0 unspecified atom stereocenters. The van der Waals surface area contributed by atoms with Gasteiger partial charge in [-0.05, 0) is 43.7 Å². The average Bonchev–Trinajstić information content (AvgIpc) is 2.46. The Morgan fingerprint density at radius 3 is 2.33 bits per heavy atom. The fourth-order valence-electron chi connectivity index (χ4n) is 2.10. The van der Waals surface area contributed by atoms with Crippen molar-refractivity contribution >= 4 is 23.2 Å². The maximum absolute atomic E-state index is 12.7. The number of nitrogens with two attached hydrogens (primary N) is 1. The number of carbonyl (C=O) groups is 1. The number of carbonyl (C=O) groups excluding carboxylic acids is 1. The van der Waals surface area contributed by atoms with Gasteiger partial charge in [0.15, 0.2) is 0 Å². The Morgan fingerprint density at radius 1 is 1.14 bits per heavy atom. The van der Waals surface area contributed by atoms with Crippen molar-refractivity contribution in [3.63, 3.8) is 0 Å². The number of halogens is 1. The number of anilines is 1. The molecule has 0 aliphatic rings. The van der Waals surface area contributed by atoms with Crippen molar-refractivity contribution in [3.8, 4) is 0 Å². The maximum Gasteiger partial charge on any atom is 0.255 e. The van der Waals surface area contributed by atoms with Crippen LogP contribution < -0.4 is 5.73 Å². The van der Waals surface area contributed by atoms with Crippen LogP contribution in [0.1, 0.15) is 29.8 Å². The number of nitrogens with zero attached hydrogens (tertiary/aromatic N) is 1. The lowest BCUT2D eigenvalue weighted by Gasteiger charge is -2.27. The standard InChI is InChI=1S/C17H19ClN2O/c1-12(2)20(11-13-7-9-14(19)10-8-13)17(21)15-5-3-4-6-16(15)18/h3-10,12H,11,19H2,1-2H3. The molecule has 2 N–H and O–H groups in total. The highest BCUT2D eigenvalue weighted by atomic mass is 35.5. The summed E-state index contributed by atoms with van der Waals surface area (Å²) in [4.78, 5) is 14.5. The molecule has 0 spiro atoms. The molecular formula is C17H19ClN2O. The van der Waals surface area contributed by atoms with Crippen LogP contribution >= 0.6 is 11.6 Å². The lowest BCUT2D eigenvalue weighted by Crippen LogP contribution is -2.36. The molecule has 4 heteroatoms. The molecule has 0 aliphatic carbocycles. The molecule has 0 heterocycles. The van der Waals surface area contributed by atoms with Gasteiger partial charge in [-0.15, -0.1) is 0 Å². The second-order valence-corrected chi connectivity index (χ2v) is 5.66. The van der Waals surface area contributed by atoms with Crippen LogP contribution in [0.2, 0.25) is 5.02 Å². The first-order valence-electron chi connectivity index (χ1n) is 6.89. The SMILES string of the molecule is CC(C)N(Cc1ccc(N)cc1)C(=O)c1ccccc1Cl. The van der Waals surface area contributed by atoms with E-state index in [2.05, 4.69) is 0 Å². The van der Waals surface area contributed by atoms with E-state index in [-0.39, 0.29) is 11.9 Å². The third-order valence-corrected chi connectivity index (χ3v) is 3.65. The molecule has 21 heavy (non-hydrogen) atoms. The highest BCUT2D eigenvalue weighted by molar-refractivity contribution is 6.33. The highest BCUT2D eigenvalue weighted by Gasteiger charge is 2.20. The fourth-order valence-corrected chi connectivity index (χ4v) is 2.31. The first kappa shape index (κ1) is 15.4. The van der Waals surface area contributed by atoms with E-state index in [1.165, 1.54) is 0 Å². The average molecular weight is 303 g/mol. The number of nitrogen functional groups attached to an aromatic ring is 1. The lowest BCUT2D eigenvalue weighted by molar-refractivity contribution is 0.0690. The van der Waals surface area contributed by atoms with Gasteiger partial charge in [0.1, 0.15) is 0 Å². The molecule has 1 amide bonds. The molecule has 2 aromatic rings. The molecule has 2 aromatic carbocycles. The topological polar surface area (TPSA) is 46.3 Å². The second-order valence-electron chi connectivity index (χ2n) is 5.25. The van der Waals surface area contributed by atoms with Crippen molar-refractivity contribution in [3.05, 3.63) is 64.7 Å². The van der Waals surface area contributed by atoms with Gasteiger partial charge in [-0.3, -0.25) is 4.79 Å². The van der Waals surface area contributed by atoms with Crippen LogP contribution in [-0.4, -0.2) is 16.8 Å². The first-order chi connectivity index (χ1) is 9.99. The van der Waals surface area contributed by atoms with Crippen LogP contribution in [0.15, 0.2) is 48.5 Å². The Kier molecular flexibility index (Phi) is 4.86. The zero-order valence-corrected chi connectivity index (χ0v) is 13.0. The fraction of sp³-hybridized carbons (Fsp3) is 0.235. The largest absolute Gasteiger partial charge is 0.399 e. The summed E-state index contributed by atoms with van der Waals surface area (Å²) < 4.78 is 0. The van der Waals surface area contributed by atoms with Gasteiger partial charge < -0.3 is 10.6 Å². The van der Waals surface area contributed by atoms with Gasteiger partial charge in [0.25, 0.3) is 5.91 Å². The predicted octanol–water partition coefficient (Wildman–Crippen LogP) is 3.97. The predicted molar refractivity (Wildman–Crippen MR) is 87.3 cm³/mol. The number of hydrogen-bond acceptors (Lipinski definition) is 2. The summed E-state index contributed by atoms with van der Waals surface area (Å²) in [6.07, 6.45) is 0. The summed E-state index contributed by atoms with van der Waals surface area (Å²) in [5.74, 6) is -0.0626. The monoisotopic (exact) mass is 302 g/mol. The molecule has 0 atom stereocenters. The Hall–Kier alpha value is -2.00. The van der Waals surface area contributed by atoms with E-state index in [1.54, 1.807) is 17.0 Å². The maximum atomic E-state index is 12.7. The highest BCUT2D eigenvalue weighted by Crippen LogP contribution is 2.20. The minimum atomic E-state index is -0.0626. The molecular weight excluding hydrogens is 284 g/mol. The molecule has 0 radical (unpaired) electrons. The molecule has 3 nitrogen and oxygen atoms in total. The van der Waals surface area contributed by atoms with Crippen LogP contribution in [-0.2, 0) is 6.54 Å². The van der Waals surface area contributed by atoms with Gasteiger partial charge in [-0.1, -0.05) is 35.9 Å². The molecule has 2 rings (SSSR count). The van der Waals surface area contributed by atoms with Crippen LogP contribution in [0.25, 0.3) is 0 Å². The van der Waals surface area contributed by atoms with E-state index < -0.39 is 0 Å². The van der Waals surface area contributed by atoms with E-state index in [4.69, 9.17) is 17.3 Å². The normalized spacial score (nSPS) is 10.7. The summed E-state index contributed by atoms with van der Waals surface area (Å²) in [6.45, 7) is 4.51. The van der Waals surface area contributed by atoms with E-state index in [0.717, 1.165) is 5.56 Å². The number of hydrogen-bond donors (Lipinski definition) is 1. The molecule has 0 fully saturated rings. The zero-order valence-electron chi connectivity index (χ0n) is 12.2. The van der Waals surface area contributed by atoms with Crippen LogP contribution in [0.4, 0.5) is 5.69 Å². The molecule has 0 aliphatic heterocycles. The van der Waals surface area contributed by atoms with Crippen molar-refractivity contribution in [1.82, 2.24) is 4.90 Å². The lowest BCUT2D eigenvalue weighted by atomic mass is 10.1. The summed E-state index contributed by atoms with van der Waals surface area (Å²) >= 11 is 6.13. The molecule has 0 saturated heterocycles. The van der Waals surface area contributed by atoms with Crippen molar-refractivity contribution in [2.75, 3.05) is 5.73 Å². The van der Waals surface area contributed by atoms with E-state index in [9.17, 15) is 4.79 Å². The van der Waals surface area contributed by atoms with Crippen LogP contribution in [0.5, 0.6) is 0 Å². The molecule has 0 aromatic heterocycles. The summed E-state index contributed by atoms with van der Waals surface area (Å²) in [6, 6.07) is 14.8. The molecule has 0 saturated carbocycles. The summed E-state index contributed by atoms with van der Waals surface area (Å²) in [7, 11) is 0. The smallest absolute Gasteiger partial charge is 0.255 e. The summed E-state index contributed by atoms with van der Waals surface area (Å²) in [5.41, 5.74) is 7.98. The zero-order chi connectivity index (χ0) is 15.4. The second kappa shape index (κ2) is 6.64. The quantitative estimate of drug-likeness (QED) is 0.869. The van der Waals surface area contributed by atoms with Gasteiger partial charge in [-0.2, -0.15) is 0 Å². The number of amides is 1. The van der Waals surface area contributed by atoms with E-state index in [0.29, 0.717) is 22.8 Å². The minimum absolute atomic E-state index is 0.0626. The third kappa shape index (κ3) is 3.76. The Balaban J connectivity index is 2.25. The van der Waals surface area contributed by atoms with Crippen LogP contribution in [0, 0.1) is 0 Å². The van der Waals surface area contributed by atoms with Crippen molar-refractivity contribution in [2.24, 2.45) is 0 Å². The van der Waals surface area contributed by atoms with Gasteiger partial charge in [0.05, 0.1) is 10.6 Å². The van der Waals surface area contributed by atoms with Crippen molar-refractivity contribution in [1.29, 1.82) is 0 Å². The van der Waals surface area contributed by atoms with Gasteiger partial charge >= 0.3 is 0 Å². The Labute approximate surface area is 130 Å². The van der Waals surface area contributed by atoms with Gasteiger partial charge in [-0.25, -0.2) is 0 Å². The van der Waals surface area contributed by atoms with Crippen molar-refractivity contribution in [2.45, 2.75) is 26.4 Å². The summed E-state index contributed by atoms with van der Waals surface area (Å²) in [5, 5.41) is 0.477. The Morgan fingerprint density at radius 2 is 1.76 bits per heavy atom. The molecule has 0 bridgehead atoms. The minimum Gasteiger partial charge on any atom is -0.399 e. The van der Waals surface area contributed by atoms with E-state index >= 15 is 0 Å². The van der Waals surface area contributed by atoms with E-state index in [1.807, 2.05) is 50.2 Å². The van der Waals surface area contributed by atoms with Crippen molar-refractivity contribution < 1.29 is 4.79 Å².